The molecule has 0 bridgehead atoms. The van der Waals surface area contributed by atoms with Crippen LogP contribution in [-0.2, 0) is 19.1 Å². The smallest absolute Gasteiger partial charge is 0.326 e. The molecule has 0 radical (unpaired) electrons. The van der Waals surface area contributed by atoms with Gasteiger partial charge in [-0.2, -0.15) is 0 Å². The molecule has 0 aromatic rings. The fraction of sp³-hybridized carbons (Fsp3) is 0.852. The van der Waals surface area contributed by atoms with Gasteiger partial charge in [-0.3, -0.25) is 14.5 Å². The van der Waals surface area contributed by atoms with Gasteiger partial charge < -0.3 is 9.47 Å². The van der Waals surface area contributed by atoms with Crippen LogP contribution in [0.15, 0.2) is 12.7 Å². The second-order valence-electron chi connectivity index (χ2n) is 9.98. The van der Waals surface area contributed by atoms with Crippen LogP contribution in [-0.4, -0.2) is 47.7 Å². The Hall–Kier alpha value is -1.36. The number of hydrogen-bond donors (Lipinski definition) is 0. The van der Waals surface area contributed by atoms with Crippen molar-refractivity contribution in [2.75, 3.05) is 19.8 Å². The summed E-state index contributed by atoms with van der Waals surface area (Å²) in [6, 6.07) is 0. The van der Waals surface area contributed by atoms with E-state index in [9.17, 15) is 9.59 Å². The molecule has 0 N–H and O–H groups in total. The molecule has 0 amide bonds. The van der Waals surface area contributed by atoms with Gasteiger partial charge in [-0.1, -0.05) is 72.3 Å². The summed E-state index contributed by atoms with van der Waals surface area (Å²) in [5, 5.41) is 0. The minimum Gasteiger partial charge on any atom is -0.464 e. The van der Waals surface area contributed by atoms with Crippen LogP contribution in [0.3, 0.4) is 0 Å². The number of carbonyl (C=O) groups excluding carboxylic acids is 2. The zero-order chi connectivity index (χ0) is 24.2. The van der Waals surface area contributed by atoms with Gasteiger partial charge in [0.1, 0.15) is 11.1 Å². The van der Waals surface area contributed by atoms with Crippen LogP contribution in [0.4, 0.5) is 0 Å². The molecule has 0 spiro atoms. The fourth-order valence-electron chi connectivity index (χ4n) is 4.75. The van der Waals surface area contributed by atoms with Gasteiger partial charge in [-0.15, -0.1) is 6.58 Å². The third-order valence-electron chi connectivity index (χ3n) is 7.47. The lowest BCUT2D eigenvalue weighted by molar-refractivity contribution is -0.166. The van der Waals surface area contributed by atoms with E-state index in [-0.39, 0.29) is 11.9 Å². The summed E-state index contributed by atoms with van der Waals surface area (Å²) in [6.07, 6.45) is 11.7. The average Bonchev–Trinajstić information content (AvgIpc) is 3.06. The lowest BCUT2D eigenvalue weighted by atomic mass is 9.97. The van der Waals surface area contributed by atoms with Crippen LogP contribution >= 0.6 is 0 Å². The van der Waals surface area contributed by atoms with Gasteiger partial charge in [0.25, 0.3) is 0 Å². The minimum atomic E-state index is -0.850. The standard InChI is InChI=1S/C27H49NO4/c1-8-13-15-22(11-4)20-31-24(29)26(6)17-18-27(7,28(26)19-10-3)25(30)32-21-23(12-5)16-14-9-2/h10,22-23H,3,8-9,11-21H2,1-2,4-7H3. The molecule has 1 rings (SSSR count). The Labute approximate surface area is 197 Å². The molecular weight excluding hydrogens is 402 g/mol. The van der Waals surface area contributed by atoms with Crippen molar-refractivity contribution in [3.63, 3.8) is 0 Å². The van der Waals surface area contributed by atoms with Gasteiger partial charge in [0, 0.05) is 6.54 Å². The number of likely N-dealkylation sites (tertiary alicyclic amines) is 1. The molecule has 1 aliphatic heterocycles. The number of nitrogens with zero attached hydrogens (tertiary/aromatic N) is 1. The van der Waals surface area contributed by atoms with Crippen LogP contribution in [0.2, 0.25) is 0 Å². The van der Waals surface area contributed by atoms with Crippen LogP contribution in [0.1, 0.15) is 106 Å². The van der Waals surface area contributed by atoms with Gasteiger partial charge in [0.05, 0.1) is 13.2 Å². The Bertz CT molecular complexity index is 546. The predicted octanol–water partition coefficient (Wildman–Crippen LogP) is 6.30. The number of rotatable bonds is 16. The summed E-state index contributed by atoms with van der Waals surface area (Å²) < 4.78 is 11.6. The van der Waals surface area contributed by atoms with Gasteiger partial charge in [-0.25, -0.2) is 0 Å². The number of hydrogen-bond acceptors (Lipinski definition) is 5. The first-order valence-corrected chi connectivity index (χ1v) is 13.0. The van der Waals surface area contributed by atoms with Gasteiger partial charge >= 0.3 is 11.9 Å². The lowest BCUT2D eigenvalue weighted by Gasteiger charge is -2.40. The van der Waals surface area contributed by atoms with Gasteiger partial charge in [0.15, 0.2) is 0 Å². The Morgan fingerprint density at radius 2 is 1.28 bits per heavy atom. The molecule has 186 valence electrons. The summed E-state index contributed by atoms with van der Waals surface area (Å²) in [6.45, 7) is 17.7. The summed E-state index contributed by atoms with van der Waals surface area (Å²) in [4.78, 5) is 28.4. The highest BCUT2D eigenvalue weighted by Crippen LogP contribution is 2.42. The van der Waals surface area contributed by atoms with Crippen LogP contribution in [0.5, 0.6) is 0 Å². The molecule has 5 heteroatoms. The predicted molar refractivity (Wildman–Crippen MR) is 131 cm³/mol. The molecule has 1 fully saturated rings. The van der Waals surface area contributed by atoms with E-state index < -0.39 is 11.1 Å². The number of esters is 2. The van der Waals surface area contributed by atoms with Crippen LogP contribution in [0, 0.1) is 11.8 Å². The molecule has 0 aromatic heterocycles. The van der Waals surface area contributed by atoms with Crippen molar-refractivity contribution in [2.45, 2.75) is 117 Å². The molecule has 4 unspecified atom stereocenters. The van der Waals surface area contributed by atoms with E-state index in [0.29, 0.717) is 44.4 Å². The molecule has 32 heavy (non-hydrogen) atoms. The van der Waals surface area contributed by atoms with Crippen molar-refractivity contribution in [3.05, 3.63) is 12.7 Å². The monoisotopic (exact) mass is 451 g/mol. The Morgan fingerprint density at radius 1 is 0.875 bits per heavy atom. The molecular formula is C27H49NO4. The van der Waals surface area contributed by atoms with E-state index in [1.807, 2.05) is 18.7 Å². The molecule has 0 aromatic carbocycles. The Kier molecular flexibility index (Phi) is 12.6. The SMILES string of the molecule is C=CCN1C(C)(C(=O)OCC(CC)CCCC)CCC1(C)C(=O)OCC(CC)CCCC. The van der Waals surface area contributed by atoms with E-state index in [2.05, 4.69) is 34.3 Å². The first kappa shape index (κ1) is 28.7. The Morgan fingerprint density at radius 3 is 1.59 bits per heavy atom. The van der Waals surface area contributed by atoms with Crippen molar-refractivity contribution >= 4 is 11.9 Å². The van der Waals surface area contributed by atoms with E-state index in [4.69, 9.17) is 9.47 Å². The number of carbonyl (C=O) groups is 2. The zero-order valence-electron chi connectivity index (χ0n) is 21.7. The molecule has 0 saturated carbocycles. The maximum Gasteiger partial charge on any atom is 0.326 e. The topological polar surface area (TPSA) is 55.8 Å². The summed E-state index contributed by atoms with van der Waals surface area (Å²) in [5.41, 5.74) is -1.70. The van der Waals surface area contributed by atoms with Crippen molar-refractivity contribution in [1.29, 1.82) is 0 Å². The zero-order valence-corrected chi connectivity index (χ0v) is 21.7. The van der Waals surface area contributed by atoms with Gasteiger partial charge in [-0.05, 0) is 51.4 Å². The molecule has 1 aliphatic rings. The maximum atomic E-state index is 13.2. The molecule has 5 nitrogen and oxygen atoms in total. The molecule has 0 aliphatic carbocycles. The first-order chi connectivity index (χ1) is 15.2. The quantitative estimate of drug-likeness (QED) is 0.203. The average molecular weight is 452 g/mol. The van der Waals surface area contributed by atoms with Crippen molar-refractivity contribution in [2.24, 2.45) is 11.8 Å². The highest BCUT2D eigenvalue weighted by atomic mass is 16.5. The summed E-state index contributed by atoms with van der Waals surface area (Å²) in [5.74, 6) is 0.310. The highest BCUT2D eigenvalue weighted by molar-refractivity contribution is 5.87. The summed E-state index contributed by atoms with van der Waals surface area (Å²) >= 11 is 0. The van der Waals surface area contributed by atoms with Crippen molar-refractivity contribution in [3.8, 4) is 0 Å². The van der Waals surface area contributed by atoms with Crippen LogP contribution < -0.4 is 0 Å². The molecule has 1 saturated heterocycles. The van der Waals surface area contributed by atoms with E-state index in [0.717, 1.165) is 51.4 Å². The summed E-state index contributed by atoms with van der Waals surface area (Å²) in [7, 11) is 0. The number of unbranched alkanes of at least 4 members (excludes halogenated alkanes) is 2. The second-order valence-corrected chi connectivity index (χ2v) is 9.98. The number of ether oxygens (including phenoxy) is 2. The normalized spacial score (nSPS) is 25.3. The molecule has 1 heterocycles. The van der Waals surface area contributed by atoms with E-state index in [1.54, 1.807) is 6.08 Å². The van der Waals surface area contributed by atoms with Gasteiger partial charge in [0.2, 0.25) is 0 Å². The first-order valence-electron chi connectivity index (χ1n) is 13.0. The van der Waals surface area contributed by atoms with Crippen LogP contribution in [0.25, 0.3) is 0 Å². The van der Waals surface area contributed by atoms with Crippen molar-refractivity contribution in [1.82, 2.24) is 4.90 Å². The third kappa shape index (κ3) is 7.33. The van der Waals surface area contributed by atoms with E-state index in [1.165, 1.54) is 0 Å². The third-order valence-corrected chi connectivity index (χ3v) is 7.47. The molecule has 4 atom stereocenters. The lowest BCUT2D eigenvalue weighted by Crippen LogP contribution is -2.59. The Balaban J connectivity index is 2.87. The largest absolute Gasteiger partial charge is 0.464 e. The van der Waals surface area contributed by atoms with Crippen molar-refractivity contribution < 1.29 is 19.1 Å². The van der Waals surface area contributed by atoms with E-state index >= 15 is 0 Å². The minimum absolute atomic E-state index is 0.236. The maximum absolute atomic E-state index is 13.2. The highest BCUT2D eigenvalue weighted by Gasteiger charge is 2.58. The second kappa shape index (κ2) is 14.0. The fourth-order valence-corrected chi connectivity index (χ4v) is 4.75.